The van der Waals surface area contributed by atoms with Gasteiger partial charge in [0.1, 0.15) is 11.6 Å². The molecule has 4 rings (SSSR count). The molecule has 5 N–H and O–H groups in total. The molecular weight excluding hydrogens is 446 g/mol. The van der Waals surface area contributed by atoms with Crippen molar-refractivity contribution in [3.8, 4) is 11.1 Å². The number of nitrogens with one attached hydrogen (secondary N) is 2. The number of carboxylic acid groups (broad SMARTS) is 1. The van der Waals surface area contributed by atoms with Crippen LogP contribution in [0.2, 0.25) is 0 Å². The number of carbonyl (C=O) groups is 2. The minimum absolute atomic E-state index is 0.110. The van der Waals surface area contributed by atoms with Crippen molar-refractivity contribution in [1.29, 1.82) is 0 Å². The predicted octanol–water partition coefficient (Wildman–Crippen LogP) is 1.96. The fourth-order valence-electron chi connectivity index (χ4n) is 4.41. The zero-order valence-corrected chi connectivity index (χ0v) is 19.3. The second-order valence-corrected chi connectivity index (χ2v) is 8.25. The topological polar surface area (TPSA) is 139 Å². The van der Waals surface area contributed by atoms with Crippen LogP contribution in [0.5, 0.6) is 0 Å². The fraction of sp³-hybridized carbons (Fsp3) is 0.231. The molecular formula is C26H27N5O4. The van der Waals surface area contributed by atoms with Crippen molar-refractivity contribution in [2.75, 3.05) is 13.6 Å². The van der Waals surface area contributed by atoms with E-state index in [0.717, 1.165) is 22.3 Å². The molecule has 0 spiro atoms. The quantitative estimate of drug-likeness (QED) is 0.175. The summed E-state index contributed by atoms with van der Waals surface area (Å²) in [7, 11) is 1.54. The molecule has 0 radical (unpaired) electrons. The number of carbonyl (C=O) groups excluding carboxylic acids is 1. The Hall–Kier alpha value is -4.40. The number of fused-ring (bicyclic) bond motifs is 3. The second-order valence-electron chi connectivity index (χ2n) is 8.25. The van der Waals surface area contributed by atoms with Crippen molar-refractivity contribution >= 4 is 17.8 Å². The summed E-state index contributed by atoms with van der Waals surface area (Å²) in [5.41, 5.74) is 9.00. The molecule has 1 aromatic heterocycles. The van der Waals surface area contributed by atoms with Crippen LogP contribution < -0.4 is 21.9 Å². The summed E-state index contributed by atoms with van der Waals surface area (Å²) in [4.78, 5) is 41.9. The maximum Gasteiger partial charge on any atom is 0.326 e. The third kappa shape index (κ3) is 4.79. The van der Waals surface area contributed by atoms with E-state index in [1.165, 1.54) is 17.7 Å². The zero-order chi connectivity index (χ0) is 24.9. The van der Waals surface area contributed by atoms with E-state index in [4.69, 9.17) is 5.73 Å². The summed E-state index contributed by atoms with van der Waals surface area (Å²) in [6.07, 6.45) is 2.25. The van der Waals surface area contributed by atoms with E-state index in [2.05, 4.69) is 15.6 Å². The largest absolute Gasteiger partial charge is 0.480 e. The Labute approximate surface area is 202 Å². The summed E-state index contributed by atoms with van der Waals surface area (Å²) in [6, 6.07) is 17.3. The molecule has 1 aliphatic carbocycles. The summed E-state index contributed by atoms with van der Waals surface area (Å²) < 4.78 is 1.53. The van der Waals surface area contributed by atoms with E-state index in [0.29, 0.717) is 13.0 Å². The highest BCUT2D eigenvalue weighted by atomic mass is 16.4. The van der Waals surface area contributed by atoms with Gasteiger partial charge in [-0.1, -0.05) is 48.5 Å². The second kappa shape index (κ2) is 10.3. The van der Waals surface area contributed by atoms with Gasteiger partial charge >= 0.3 is 5.97 Å². The van der Waals surface area contributed by atoms with Crippen LogP contribution in [0.3, 0.4) is 0 Å². The number of aliphatic carboxylic acids is 1. The normalized spacial score (nSPS) is 13.6. The number of amides is 1. The van der Waals surface area contributed by atoms with Crippen LogP contribution in [0.15, 0.2) is 76.6 Å². The first-order valence-corrected chi connectivity index (χ1v) is 11.3. The summed E-state index contributed by atoms with van der Waals surface area (Å²) >= 11 is 0. The number of guanidine groups is 1. The molecule has 1 heterocycles. The number of nitrogens with two attached hydrogens (primary N) is 1. The Bertz CT molecular complexity index is 1300. The predicted molar refractivity (Wildman–Crippen MR) is 133 cm³/mol. The van der Waals surface area contributed by atoms with Gasteiger partial charge in [0.05, 0.1) is 6.04 Å². The van der Waals surface area contributed by atoms with Crippen LogP contribution >= 0.6 is 0 Å². The molecule has 2 aromatic carbocycles. The number of pyridine rings is 1. The third-order valence-electron chi connectivity index (χ3n) is 6.12. The Kier molecular flexibility index (Phi) is 6.96. The van der Waals surface area contributed by atoms with Gasteiger partial charge < -0.3 is 26.0 Å². The van der Waals surface area contributed by atoms with Crippen molar-refractivity contribution < 1.29 is 14.7 Å². The molecule has 0 bridgehead atoms. The van der Waals surface area contributed by atoms with Gasteiger partial charge in [0.15, 0.2) is 5.96 Å². The van der Waals surface area contributed by atoms with Gasteiger partial charge in [0.2, 0.25) is 0 Å². The lowest BCUT2D eigenvalue weighted by atomic mass is 10.0. The highest BCUT2D eigenvalue weighted by Crippen LogP contribution is 2.44. The van der Waals surface area contributed by atoms with Crippen molar-refractivity contribution in [3.63, 3.8) is 0 Å². The minimum atomic E-state index is -1.18. The Morgan fingerprint density at radius 2 is 1.69 bits per heavy atom. The lowest BCUT2D eigenvalue weighted by molar-refractivity contribution is -0.139. The van der Waals surface area contributed by atoms with E-state index < -0.39 is 23.5 Å². The molecule has 1 aliphatic rings. The maximum absolute atomic E-state index is 13.5. The molecule has 9 nitrogen and oxygen atoms in total. The van der Waals surface area contributed by atoms with Gasteiger partial charge in [-0.15, -0.1) is 0 Å². The van der Waals surface area contributed by atoms with Gasteiger partial charge in [-0.25, -0.2) is 4.79 Å². The molecule has 180 valence electrons. The number of carboxylic acids is 1. The zero-order valence-electron chi connectivity index (χ0n) is 19.3. The third-order valence-corrected chi connectivity index (χ3v) is 6.12. The van der Waals surface area contributed by atoms with Crippen LogP contribution in [0.25, 0.3) is 11.1 Å². The van der Waals surface area contributed by atoms with Gasteiger partial charge in [0.25, 0.3) is 11.5 Å². The molecule has 1 atom stereocenters. The van der Waals surface area contributed by atoms with E-state index in [1.807, 2.05) is 48.5 Å². The standard InChI is InChI=1S/C26H27N5O4/c1-28-26(27)29-14-6-13-21(25(34)35)30-23(32)20-12-7-15-31(24(20)33)22-18-10-4-2-8-16(18)17-9-3-5-11-19(17)22/h2-5,7-12,15,21-22H,6,13-14H2,1H3,(H,30,32)(H,34,35)(H3,27,28,29)/t21-/m0/s1. The maximum atomic E-state index is 13.5. The average Bonchev–Trinajstić information content (AvgIpc) is 3.20. The fourth-order valence-corrected chi connectivity index (χ4v) is 4.41. The van der Waals surface area contributed by atoms with Crippen molar-refractivity contribution in [1.82, 2.24) is 15.2 Å². The van der Waals surface area contributed by atoms with E-state index in [1.54, 1.807) is 12.3 Å². The minimum Gasteiger partial charge on any atom is -0.480 e. The Morgan fingerprint density at radius 1 is 1.06 bits per heavy atom. The molecule has 1 amide bonds. The van der Waals surface area contributed by atoms with Gasteiger partial charge in [-0.3, -0.25) is 14.6 Å². The molecule has 3 aromatic rings. The average molecular weight is 474 g/mol. The number of hydrogen-bond donors (Lipinski definition) is 4. The summed E-state index contributed by atoms with van der Waals surface area (Å²) in [6.45, 7) is 0.404. The van der Waals surface area contributed by atoms with Crippen LogP contribution in [0.1, 0.15) is 40.4 Å². The Balaban J connectivity index is 1.58. The first-order valence-electron chi connectivity index (χ1n) is 11.3. The van der Waals surface area contributed by atoms with Crippen LogP contribution in [0, 0.1) is 0 Å². The monoisotopic (exact) mass is 473 g/mol. The van der Waals surface area contributed by atoms with E-state index in [9.17, 15) is 19.5 Å². The van der Waals surface area contributed by atoms with Gasteiger partial charge in [0, 0.05) is 19.8 Å². The van der Waals surface area contributed by atoms with Crippen LogP contribution in [-0.4, -0.2) is 47.1 Å². The van der Waals surface area contributed by atoms with Crippen molar-refractivity contribution in [2.24, 2.45) is 10.7 Å². The SMILES string of the molecule is CN=C(N)NCCC[C@H](NC(=O)c1cccn(C2c3ccccc3-c3ccccc32)c1=O)C(=O)O. The molecule has 0 saturated heterocycles. The highest BCUT2D eigenvalue weighted by molar-refractivity contribution is 5.96. The van der Waals surface area contributed by atoms with E-state index >= 15 is 0 Å². The molecule has 0 fully saturated rings. The van der Waals surface area contributed by atoms with Gasteiger partial charge in [-0.2, -0.15) is 0 Å². The first kappa shape index (κ1) is 23.7. The van der Waals surface area contributed by atoms with Gasteiger partial charge in [-0.05, 0) is 47.2 Å². The summed E-state index contributed by atoms with van der Waals surface area (Å²) in [5.74, 6) is -1.65. The number of aliphatic imine (C=N–C) groups is 1. The van der Waals surface area contributed by atoms with Crippen molar-refractivity contribution in [3.05, 3.63) is 93.9 Å². The van der Waals surface area contributed by atoms with Crippen molar-refractivity contribution in [2.45, 2.75) is 24.9 Å². The van der Waals surface area contributed by atoms with E-state index in [-0.39, 0.29) is 24.0 Å². The molecule has 35 heavy (non-hydrogen) atoms. The number of nitrogens with zero attached hydrogens (tertiary/aromatic N) is 2. The smallest absolute Gasteiger partial charge is 0.326 e. The molecule has 9 heteroatoms. The number of rotatable bonds is 8. The molecule has 0 saturated carbocycles. The number of aromatic nitrogens is 1. The van der Waals surface area contributed by atoms with Crippen LogP contribution in [0.4, 0.5) is 0 Å². The van der Waals surface area contributed by atoms with Crippen LogP contribution in [-0.2, 0) is 4.79 Å². The lowest BCUT2D eigenvalue weighted by Crippen LogP contribution is -2.44. The first-order chi connectivity index (χ1) is 16.9. The molecule has 0 aliphatic heterocycles. The summed E-state index contributed by atoms with van der Waals surface area (Å²) in [5, 5.41) is 14.9. The number of hydrogen-bond acceptors (Lipinski definition) is 4. The molecule has 0 unspecified atom stereocenters. The lowest BCUT2D eigenvalue weighted by Gasteiger charge is -2.19. The Morgan fingerprint density at radius 3 is 2.29 bits per heavy atom. The number of benzene rings is 2. The highest BCUT2D eigenvalue weighted by Gasteiger charge is 2.31.